The maximum atomic E-state index is 4.31. The van der Waals surface area contributed by atoms with E-state index in [0.717, 1.165) is 37.8 Å². The van der Waals surface area contributed by atoms with Crippen molar-refractivity contribution in [1.82, 2.24) is 24.6 Å². The molecule has 1 atom stereocenters. The predicted octanol–water partition coefficient (Wildman–Crippen LogP) is 2.98. The van der Waals surface area contributed by atoms with Gasteiger partial charge >= 0.3 is 0 Å². The first-order chi connectivity index (χ1) is 12.6. The highest BCUT2D eigenvalue weighted by molar-refractivity contribution is 5.85. The summed E-state index contributed by atoms with van der Waals surface area (Å²) in [5, 5.41) is 11.2. The topological polar surface area (TPSA) is 37.2 Å². The van der Waals surface area contributed by atoms with E-state index in [1.807, 2.05) is 14.0 Å². The minimum atomic E-state index is 0.571. The van der Waals surface area contributed by atoms with Crippen LogP contribution in [0.3, 0.4) is 0 Å². The second kappa shape index (κ2) is 7.17. The summed E-state index contributed by atoms with van der Waals surface area (Å²) in [4.78, 5) is 5.00. The van der Waals surface area contributed by atoms with Crippen LogP contribution in [-0.2, 0) is 20.1 Å². The van der Waals surface area contributed by atoms with Gasteiger partial charge in [0, 0.05) is 32.7 Å². The molecule has 0 amide bonds. The van der Waals surface area contributed by atoms with Crippen LogP contribution in [0.15, 0.2) is 42.5 Å². The van der Waals surface area contributed by atoms with E-state index >= 15 is 0 Å². The molecule has 2 heterocycles. The minimum Gasteiger partial charge on any atom is -0.317 e. The van der Waals surface area contributed by atoms with Crippen LogP contribution in [-0.4, -0.2) is 50.7 Å². The smallest absolute Gasteiger partial charge is 0.146 e. The summed E-state index contributed by atoms with van der Waals surface area (Å²) in [6.45, 7) is 6.13. The standard InChI is InChI=1S/C21H27N5/c1-16-22-23-21(25(16)3)15-24(2)19-11-12-26(14-19)13-18-9-6-8-17-7-4-5-10-20(17)18/h4-10,19H,11-15H2,1-3H3/t19-/m1/s1. The highest BCUT2D eigenvalue weighted by Gasteiger charge is 2.26. The molecule has 1 fully saturated rings. The number of aromatic nitrogens is 3. The normalized spacial score (nSPS) is 18.2. The second-order valence-corrected chi connectivity index (χ2v) is 7.45. The first-order valence-electron chi connectivity index (χ1n) is 9.36. The van der Waals surface area contributed by atoms with E-state index in [2.05, 4.69) is 74.1 Å². The van der Waals surface area contributed by atoms with Crippen LogP contribution in [0.5, 0.6) is 0 Å². The van der Waals surface area contributed by atoms with Gasteiger partial charge in [0.2, 0.25) is 0 Å². The molecule has 0 unspecified atom stereocenters. The molecule has 0 bridgehead atoms. The van der Waals surface area contributed by atoms with Crippen molar-refractivity contribution in [1.29, 1.82) is 0 Å². The lowest BCUT2D eigenvalue weighted by atomic mass is 10.0. The zero-order valence-electron chi connectivity index (χ0n) is 15.9. The molecule has 3 aromatic rings. The van der Waals surface area contributed by atoms with Gasteiger partial charge in [-0.3, -0.25) is 9.80 Å². The molecule has 26 heavy (non-hydrogen) atoms. The van der Waals surface area contributed by atoms with Gasteiger partial charge in [0.1, 0.15) is 11.6 Å². The van der Waals surface area contributed by atoms with Crippen LogP contribution in [0.25, 0.3) is 10.8 Å². The Bertz CT molecular complexity index is 895. The summed E-state index contributed by atoms with van der Waals surface area (Å²) in [7, 11) is 4.25. The molecule has 0 N–H and O–H groups in total. The van der Waals surface area contributed by atoms with E-state index in [1.54, 1.807) is 0 Å². The van der Waals surface area contributed by atoms with Crippen molar-refractivity contribution in [3.05, 3.63) is 59.7 Å². The van der Waals surface area contributed by atoms with Crippen molar-refractivity contribution in [3.8, 4) is 0 Å². The number of nitrogens with zero attached hydrogens (tertiary/aromatic N) is 5. The summed E-state index contributed by atoms with van der Waals surface area (Å²) >= 11 is 0. The molecule has 1 aliphatic rings. The van der Waals surface area contributed by atoms with E-state index in [9.17, 15) is 0 Å². The van der Waals surface area contributed by atoms with E-state index in [0.29, 0.717) is 6.04 Å². The quantitative estimate of drug-likeness (QED) is 0.710. The average molecular weight is 349 g/mol. The van der Waals surface area contributed by atoms with Gasteiger partial charge in [-0.15, -0.1) is 10.2 Å². The number of rotatable bonds is 5. The van der Waals surface area contributed by atoms with Crippen molar-refractivity contribution in [3.63, 3.8) is 0 Å². The Labute approximate surface area is 155 Å². The third-order valence-corrected chi connectivity index (χ3v) is 5.72. The van der Waals surface area contributed by atoms with E-state index < -0.39 is 0 Å². The Morgan fingerprint density at radius 1 is 1.12 bits per heavy atom. The Balaban J connectivity index is 1.41. The molecule has 1 saturated heterocycles. The number of benzene rings is 2. The third-order valence-electron chi connectivity index (χ3n) is 5.72. The van der Waals surface area contributed by atoms with Gasteiger partial charge in [0.15, 0.2) is 0 Å². The van der Waals surface area contributed by atoms with Crippen LogP contribution in [0, 0.1) is 6.92 Å². The first-order valence-corrected chi connectivity index (χ1v) is 9.36. The molecule has 136 valence electrons. The van der Waals surface area contributed by atoms with E-state index in [4.69, 9.17) is 0 Å². The highest BCUT2D eigenvalue weighted by Crippen LogP contribution is 2.23. The molecule has 2 aromatic carbocycles. The fourth-order valence-electron chi connectivity index (χ4n) is 3.93. The van der Waals surface area contributed by atoms with Crippen LogP contribution >= 0.6 is 0 Å². The van der Waals surface area contributed by atoms with E-state index in [1.165, 1.54) is 22.8 Å². The number of fused-ring (bicyclic) bond motifs is 1. The molecule has 0 saturated carbocycles. The molecular formula is C21H27N5. The largest absolute Gasteiger partial charge is 0.317 e. The monoisotopic (exact) mass is 349 g/mol. The van der Waals surface area contributed by atoms with Crippen molar-refractivity contribution < 1.29 is 0 Å². The van der Waals surface area contributed by atoms with Crippen LogP contribution in [0.4, 0.5) is 0 Å². The number of aryl methyl sites for hydroxylation is 1. The zero-order valence-corrected chi connectivity index (χ0v) is 15.9. The SMILES string of the molecule is Cc1nnc(CN(C)[C@@H]2CCN(Cc3cccc4ccccc34)C2)n1C. The molecule has 4 rings (SSSR count). The summed E-state index contributed by atoms with van der Waals surface area (Å²) in [5.41, 5.74) is 1.43. The Hall–Kier alpha value is -2.24. The van der Waals surface area contributed by atoms with Gasteiger partial charge < -0.3 is 4.57 Å². The maximum absolute atomic E-state index is 4.31. The van der Waals surface area contributed by atoms with Crippen molar-refractivity contribution in [2.75, 3.05) is 20.1 Å². The summed E-state index contributed by atoms with van der Waals surface area (Å²) in [6, 6.07) is 15.9. The number of likely N-dealkylation sites (N-methyl/N-ethyl adjacent to an activating group) is 1. The van der Waals surface area contributed by atoms with Gasteiger partial charge in [-0.2, -0.15) is 0 Å². The van der Waals surface area contributed by atoms with Gasteiger partial charge in [-0.25, -0.2) is 0 Å². The molecule has 0 radical (unpaired) electrons. The van der Waals surface area contributed by atoms with Crippen LogP contribution < -0.4 is 0 Å². The van der Waals surface area contributed by atoms with Crippen LogP contribution in [0.1, 0.15) is 23.6 Å². The molecule has 0 aliphatic carbocycles. The molecule has 5 heteroatoms. The average Bonchev–Trinajstić information content (AvgIpc) is 3.24. The molecule has 5 nitrogen and oxygen atoms in total. The maximum Gasteiger partial charge on any atom is 0.146 e. The highest BCUT2D eigenvalue weighted by atomic mass is 15.3. The molecule has 1 aliphatic heterocycles. The lowest BCUT2D eigenvalue weighted by Gasteiger charge is -2.24. The zero-order chi connectivity index (χ0) is 18.1. The van der Waals surface area contributed by atoms with Crippen molar-refractivity contribution in [2.45, 2.75) is 32.5 Å². The van der Waals surface area contributed by atoms with Gasteiger partial charge in [0.05, 0.1) is 6.54 Å². The Morgan fingerprint density at radius 2 is 1.92 bits per heavy atom. The second-order valence-electron chi connectivity index (χ2n) is 7.45. The van der Waals surface area contributed by atoms with Crippen molar-refractivity contribution in [2.24, 2.45) is 7.05 Å². The Morgan fingerprint density at radius 3 is 2.73 bits per heavy atom. The minimum absolute atomic E-state index is 0.571. The molecular weight excluding hydrogens is 322 g/mol. The lowest BCUT2D eigenvalue weighted by molar-refractivity contribution is 0.216. The molecule has 0 spiro atoms. The fraction of sp³-hybridized carbons (Fsp3) is 0.429. The number of likely N-dealkylation sites (tertiary alicyclic amines) is 1. The van der Waals surface area contributed by atoms with Crippen LogP contribution in [0.2, 0.25) is 0 Å². The van der Waals surface area contributed by atoms with E-state index in [-0.39, 0.29) is 0 Å². The number of hydrogen-bond acceptors (Lipinski definition) is 4. The fourth-order valence-corrected chi connectivity index (χ4v) is 3.93. The first kappa shape index (κ1) is 17.2. The summed E-state index contributed by atoms with van der Waals surface area (Å²) in [6.07, 6.45) is 1.21. The predicted molar refractivity (Wildman–Crippen MR) is 105 cm³/mol. The summed E-state index contributed by atoms with van der Waals surface area (Å²) < 4.78 is 2.08. The van der Waals surface area contributed by atoms with Gasteiger partial charge in [0.25, 0.3) is 0 Å². The Kier molecular flexibility index (Phi) is 4.74. The summed E-state index contributed by atoms with van der Waals surface area (Å²) in [5.74, 6) is 2.01. The van der Waals surface area contributed by atoms with Crippen molar-refractivity contribution >= 4 is 10.8 Å². The third kappa shape index (κ3) is 3.37. The van der Waals surface area contributed by atoms with Gasteiger partial charge in [-0.05, 0) is 36.7 Å². The van der Waals surface area contributed by atoms with Gasteiger partial charge in [-0.1, -0.05) is 42.5 Å². The lowest BCUT2D eigenvalue weighted by Crippen LogP contribution is -2.34. The molecule has 1 aromatic heterocycles. The number of hydrogen-bond donors (Lipinski definition) is 0.